The number of rotatable bonds is 3. The summed E-state index contributed by atoms with van der Waals surface area (Å²) in [4.78, 5) is 13.8. The van der Waals surface area contributed by atoms with Crippen LogP contribution in [0.3, 0.4) is 0 Å². The Morgan fingerprint density at radius 2 is 1.93 bits per heavy atom. The number of nitrogens with zero attached hydrogens (tertiary/aromatic N) is 3. The van der Waals surface area contributed by atoms with Crippen LogP contribution in [0, 0.1) is 5.92 Å². The number of nitrogens with one attached hydrogen (secondary N) is 1. The van der Waals surface area contributed by atoms with Crippen LogP contribution in [0.5, 0.6) is 0 Å². The molecular formula is C9H16N4O. The summed E-state index contributed by atoms with van der Waals surface area (Å²) in [5, 5.41) is 10.6. The summed E-state index contributed by atoms with van der Waals surface area (Å²) in [5.41, 5.74) is 0. The number of azo groups is 1. The lowest BCUT2D eigenvalue weighted by Crippen LogP contribution is -2.40. The fourth-order valence-electron chi connectivity index (χ4n) is 1.81. The SMILES string of the molecule is O=C(NCN1CCCC1)C1CN=NC1. The van der Waals surface area contributed by atoms with E-state index in [1.54, 1.807) is 0 Å². The molecule has 2 aliphatic heterocycles. The molecule has 1 N–H and O–H groups in total. The summed E-state index contributed by atoms with van der Waals surface area (Å²) >= 11 is 0. The van der Waals surface area contributed by atoms with Gasteiger partial charge in [0.15, 0.2) is 0 Å². The lowest BCUT2D eigenvalue weighted by Gasteiger charge is -2.16. The van der Waals surface area contributed by atoms with Crippen LogP contribution in [-0.4, -0.2) is 43.7 Å². The van der Waals surface area contributed by atoms with E-state index in [4.69, 9.17) is 0 Å². The van der Waals surface area contributed by atoms with Crippen molar-refractivity contribution >= 4 is 5.91 Å². The fraction of sp³-hybridized carbons (Fsp3) is 0.889. The van der Waals surface area contributed by atoms with Gasteiger partial charge in [0.25, 0.3) is 0 Å². The highest BCUT2D eigenvalue weighted by molar-refractivity contribution is 5.79. The molecule has 0 spiro atoms. The Bertz CT molecular complexity index is 227. The Balaban J connectivity index is 1.66. The van der Waals surface area contributed by atoms with Crippen molar-refractivity contribution in [1.29, 1.82) is 0 Å². The molecule has 0 bridgehead atoms. The lowest BCUT2D eigenvalue weighted by atomic mass is 10.1. The average Bonchev–Trinajstić information content (AvgIpc) is 2.87. The highest BCUT2D eigenvalue weighted by Crippen LogP contribution is 2.08. The second kappa shape index (κ2) is 4.50. The molecule has 1 saturated heterocycles. The van der Waals surface area contributed by atoms with Gasteiger partial charge >= 0.3 is 0 Å². The minimum absolute atomic E-state index is 0.0161. The molecule has 0 radical (unpaired) electrons. The minimum Gasteiger partial charge on any atom is -0.343 e. The maximum absolute atomic E-state index is 11.5. The second-order valence-electron chi connectivity index (χ2n) is 3.87. The molecule has 1 amide bonds. The summed E-state index contributed by atoms with van der Waals surface area (Å²) < 4.78 is 0. The zero-order valence-electron chi connectivity index (χ0n) is 8.28. The molecule has 14 heavy (non-hydrogen) atoms. The van der Waals surface area contributed by atoms with Crippen molar-refractivity contribution in [2.24, 2.45) is 16.1 Å². The zero-order valence-corrected chi connectivity index (χ0v) is 8.28. The van der Waals surface area contributed by atoms with Gasteiger partial charge in [0.05, 0.1) is 25.7 Å². The van der Waals surface area contributed by atoms with E-state index in [2.05, 4.69) is 20.4 Å². The van der Waals surface area contributed by atoms with Crippen LogP contribution in [-0.2, 0) is 4.79 Å². The third-order valence-corrected chi connectivity index (χ3v) is 2.75. The van der Waals surface area contributed by atoms with Crippen molar-refractivity contribution in [2.75, 3.05) is 32.8 Å². The van der Waals surface area contributed by atoms with E-state index in [1.165, 1.54) is 12.8 Å². The Morgan fingerprint density at radius 3 is 2.57 bits per heavy atom. The molecule has 0 saturated carbocycles. The molecule has 0 aromatic heterocycles. The minimum atomic E-state index is -0.0161. The predicted octanol–water partition coefficient (Wildman–Crippen LogP) is 0.238. The smallest absolute Gasteiger partial charge is 0.228 e. The van der Waals surface area contributed by atoms with Gasteiger partial charge in [-0.1, -0.05) is 0 Å². The largest absolute Gasteiger partial charge is 0.343 e. The molecule has 5 heteroatoms. The van der Waals surface area contributed by atoms with Gasteiger partial charge in [-0.05, 0) is 25.9 Å². The first-order valence-corrected chi connectivity index (χ1v) is 5.19. The standard InChI is InChI=1S/C9H16N4O/c14-9(8-5-11-12-6-8)10-7-13-3-1-2-4-13/h8H,1-7H2,(H,10,14). The van der Waals surface area contributed by atoms with Crippen LogP contribution in [0.25, 0.3) is 0 Å². The third kappa shape index (κ3) is 2.29. The quantitative estimate of drug-likeness (QED) is 0.703. The Hall–Kier alpha value is -0.970. The Labute approximate surface area is 83.6 Å². The van der Waals surface area contributed by atoms with Gasteiger partial charge in [0.1, 0.15) is 0 Å². The van der Waals surface area contributed by atoms with Gasteiger partial charge in [-0.3, -0.25) is 9.69 Å². The van der Waals surface area contributed by atoms with E-state index in [-0.39, 0.29) is 11.8 Å². The summed E-state index contributed by atoms with van der Waals surface area (Å²) in [5.74, 6) is 0.0829. The molecule has 0 atom stereocenters. The van der Waals surface area contributed by atoms with E-state index < -0.39 is 0 Å². The first-order chi connectivity index (χ1) is 6.86. The van der Waals surface area contributed by atoms with Gasteiger partial charge < -0.3 is 5.32 Å². The van der Waals surface area contributed by atoms with Gasteiger partial charge in [0.2, 0.25) is 5.91 Å². The average molecular weight is 196 g/mol. The van der Waals surface area contributed by atoms with Gasteiger partial charge in [-0.2, -0.15) is 10.2 Å². The molecule has 0 aliphatic carbocycles. The molecule has 2 heterocycles. The molecule has 0 aromatic carbocycles. The number of hydrogen-bond acceptors (Lipinski definition) is 4. The first kappa shape index (κ1) is 9.58. The predicted molar refractivity (Wildman–Crippen MR) is 51.9 cm³/mol. The Morgan fingerprint density at radius 1 is 1.29 bits per heavy atom. The molecular weight excluding hydrogens is 180 g/mol. The van der Waals surface area contributed by atoms with Gasteiger partial charge in [-0.25, -0.2) is 0 Å². The number of likely N-dealkylation sites (tertiary alicyclic amines) is 1. The maximum Gasteiger partial charge on any atom is 0.228 e. The molecule has 1 fully saturated rings. The highest BCUT2D eigenvalue weighted by atomic mass is 16.2. The normalized spacial score (nSPS) is 23.1. The van der Waals surface area contributed by atoms with Crippen LogP contribution in [0.15, 0.2) is 10.2 Å². The molecule has 2 aliphatic rings. The van der Waals surface area contributed by atoms with Crippen molar-refractivity contribution in [1.82, 2.24) is 10.2 Å². The summed E-state index contributed by atoms with van der Waals surface area (Å²) in [7, 11) is 0. The van der Waals surface area contributed by atoms with Crippen molar-refractivity contribution in [2.45, 2.75) is 12.8 Å². The highest BCUT2D eigenvalue weighted by Gasteiger charge is 2.22. The van der Waals surface area contributed by atoms with E-state index in [9.17, 15) is 4.79 Å². The van der Waals surface area contributed by atoms with E-state index >= 15 is 0 Å². The van der Waals surface area contributed by atoms with Crippen LogP contribution in [0.1, 0.15) is 12.8 Å². The molecule has 78 valence electrons. The van der Waals surface area contributed by atoms with Crippen molar-refractivity contribution in [3.8, 4) is 0 Å². The molecule has 0 unspecified atom stereocenters. The topological polar surface area (TPSA) is 57.1 Å². The second-order valence-corrected chi connectivity index (χ2v) is 3.87. The van der Waals surface area contributed by atoms with Gasteiger partial charge in [-0.15, -0.1) is 0 Å². The van der Waals surface area contributed by atoms with Crippen LogP contribution < -0.4 is 5.32 Å². The maximum atomic E-state index is 11.5. The van der Waals surface area contributed by atoms with Crippen molar-refractivity contribution in [3.63, 3.8) is 0 Å². The summed E-state index contributed by atoms with van der Waals surface area (Å²) in [6.07, 6.45) is 2.51. The number of amides is 1. The van der Waals surface area contributed by atoms with E-state index in [0.717, 1.165) is 13.1 Å². The van der Waals surface area contributed by atoms with Gasteiger partial charge in [0, 0.05) is 0 Å². The van der Waals surface area contributed by atoms with E-state index in [1.807, 2.05) is 0 Å². The fourth-order valence-corrected chi connectivity index (χ4v) is 1.81. The number of carbonyl (C=O) groups is 1. The third-order valence-electron chi connectivity index (χ3n) is 2.75. The monoisotopic (exact) mass is 196 g/mol. The molecule has 0 aromatic rings. The summed E-state index contributed by atoms with van der Waals surface area (Å²) in [6, 6.07) is 0. The van der Waals surface area contributed by atoms with Crippen LogP contribution in [0.4, 0.5) is 0 Å². The van der Waals surface area contributed by atoms with Crippen molar-refractivity contribution in [3.05, 3.63) is 0 Å². The lowest BCUT2D eigenvalue weighted by molar-refractivity contribution is -0.124. The number of hydrogen-bond donors (Lipinski definition) is 1. The van der Waals surface area contributed by atoms with Crippen molar-refractivity contribution < 1.29 is 4.79 Å². The summed E-state index contributed by atoms with van der Waals surface area (Å²) in [6.45, 7) is 4.03. The first-order valence-electron chi connectivity index (χ1n) is 5.19. The van der Waals surface area contributed by atoms with Crippen LogP contribution >= 0.6 is 0 Å². The van der Waals surface area contributed by atoms with E-state index in [0.29, 0.717) is 19.8 Å². The zero-order chi connectivity index (χ0) is 9.80. The van der Waals surface area contributed by atoms with Crippen LogP contribution in [0.2, 0.25) is 0 Å². The molecule has 2 rings (SSSR count). The Kier molecular flexibility index (Phi) is 3.08. The molecule has 5 nitrogen and oxygen atoms in total. The number of carbonyl (C=O) groups excluding carboxylic acids is 1.